The van der Waals surface area contributed by atoms with Gasteiger partial charge in [-0.1, -0.05) is 111 Å². The van der Waals surface area contributed by atoms with Crippen molar-refractivity contribution in [2.75, 3.05) is 6.61 Å². The largest absolute Gasteiger partial charge is 0.465 e. The summed E-state index contributed by atoms with van der Waals surface area (Å²) in [5.74, 6) is -0.113. The topological polar surface area (TPSA) is 52.6 Å². The van der Waals surface area contributed by atoms with Crippen molar-refractivity contribution in [3.8, 4) is 0 Å². The van der Waals surface area contributed by atoms with Crippen LogP contribution in [0.1, 0.15) is 150 Å². The molecule has 0 aliphatic carbocycles. The normalized spacial score (nSPS) is 13.0. The molecular weight excluding hydrogens is 400 g/mol. The molecule has 0 aromatic heterocycles. The molecule has 2 unspecified atom stereocenters. The first-order valence-electron chi connectivity index (χ1n) is 13.9. The number of rotatable bonds is 23. The minimum atomic E-state index is -0.145. The molecule has 0 saturated carbocycles. The van der Waals surface area contributed by atoms with E-state index in [9.17, 15) is 9.59 Å². The van der Waals surface area contributed by atoms with E-state index >= 15 is 0 Å². The van der Waals surface area contributed by atoms with Crippen molar-refractivity contribution in [1.82, 2.24) is 0 Å². The van der Waals surface area contributed by atoms with Crippen molar-refractivity contribution in [2.24, 2.45) is 5.92 Å². The second-order valence-electron chi connectivity index (χ2n) is 9.41. The number of carbonyl (C=O) groups is 2. The lowest BCUT2D eigenvalue weighted by atomic mass is 9.96. The van der Waals surface area contributed by atoms with Crippen LogP contribution in [-0.4, -0.2) is 24.6 Å². The molecule has 0 fully saturated rings. The highest BCUT2D eigenvalue weighted by atomic mass is 16.6. The molecule has 0 N–H and O–H groups in total. The minimum Gasteiger partial charge on any atom is -0.465 e. The van der Waals surface area contributed by atoms with Crippen LogP contribution in [-0.2, 0) is 19.1 Å². The first-order valence-corrected chi connectivity index (χ1v) is 13.9. The van der Waals surface area contributed by atoms with Gasteiger partial charge in [-0.25, -0.2) is 0 Å². The van der Waals surface area contributed by atoms with Crippen LogP contribution >= 0.6 is 0 Å². The highest BCUT2D eigenvalue weighted by molar-refractivity contribution is 5.70. The predicted molar refractivity (Wildman–Crippen MR) is 135 cm³/mol. The van der Waals surface area contributed by atoms with Crippen LogP contribution in [0.4, 0.5) is 0 Å². The van der Waals surface area contributed by atoms with Crippen molar-refractivity contribution in [3.05, 3.63) is 0 Å². The first-order chi connectivity index (χ1) is 15.6. The molecular formula is C28H54O4. The first kappa shape index (κ1) is 30.9. The Labute approximate surface area is 199 Å². The molecule has 0 aromatic rings. The van der Waals surface area contributed by atoms with E-state index in [0.717, 1.165) is 44.9 Å². The SMILES string of the molecule is CCCCCCCCCC(=O)OCC(CC)C(CCC)OC(=O)CCCCCCCCC. The summed E-state index contributed by atoms with van der Waals surface area (Å²) in [7, 11) is 0. The molecule has 2 atom stereocenters. The number of ether oxygens (including phenoxy) is 2. The van der Waals surface area contributed by atoms with Crippen LogP contribution in [0, 0.1) is 5.92 Å². The summed E-state index contributed by atoms with van der Waals surface area (Å²) in [6, 6.07) is 0. The summed E-state index contributed by atoms with van der Waals surface area (Å²) in [5, 5.41) is 0. The van der Waals surface area contributed by atoms with E-state index in [1.54, 1.807) is 0 Å². The van der Waals surface area contributed by atoms with Gasteiger partial charge in [-0.2, -0.15) is 0 Å². The molecule has 0 heterocycles. The Morgan fingerprint density at radius 3 is 1.53 bits per heavy atom. The van der Waals surface area contributed by atoms with E-state index in [2.05, 4.69) is 27.7 Å². The third-order valence-corrected chi connectivity index (χ3v) is 6.33. The number of unbranched alkanes of at least 4 members (excludes halogenated alkanes) is 12. The van der Waals surface area contributed by atoms with E-state index < -0.39 is 0 Å². The minimum absolute atomic E-state index is 0.0888. The Bertz CT molecular complexity index is 435. The Hall–Kier alpha value is -1.06. The Morgan fingerprint density at radius 1 is 0.594 bits per heavy atom. The maximum atomic E-state index is 12.4. The summed E-state index contributed by atoms with van der Waals surface area (Å²) in [5.41, 5.74) is 0. The Morgan fingerprint density at radius 2 is 1.06 bits per heavy atom. The zero-order valence-electron chi connectivity index (χ0n) is 21.9. The van der Waals surface area contributed by atoms with Gasteiger partial charge in [0.15, 0.2) is 0 Å². The van der Waals surface area contributed by atoms with E-state index in [0.29, 0.717) is 19.4 Å². The van der Waals surface area contributed by atoms with Crippen LogP contribution < -0.4 is 0 Å². The molecule has 0 saturated heterocycles. The van der Waals surface area contributed by atoms with Crippen LogP contribution in [0.3, 0.4) is 0 Å². The van der Waals surface area contributed by atoms with Crippen molar-refractivity contribution in [3.63, 3.8) is 0 Å². The van der Waals surface area contributed by atoms with E-state index in [1.165, 1.54) is 64.2 Å². The molecule has 0 spiro atoms. The lowest BCUT2D eigenvalue weighted by Gasteiger charge is -2.26. The summed E-state index contributed by atoms with van der Waals surface area (Å²) in [4.78, 5) is 24.5. The molecule has 0 rings (SSSR count). The molecule has 4 nitrogen and oxygen atoms in total. The lowest BCUT2D eigenvalue weighted by Crippen LogP contribution is -2.30. The monoisotopic (exact) mass is 454 g/mol. The van der Waals surface area contributed by atoms with Crippen molar-refractivity contribution >= 4 is 11.9 Å². The maximum absolute atomic E-state index is 12.4. The Kier molecular flexibility index (Phi) is 22.3. The zero-order valence-corrected chi connectivity index (χ0v) is 21.9. The van der Waals surface area contributed by atoms with Crippen molar-refractivity contribution in [2.45, 2.75) is 156 Å². The van der Waals surface area contributed by atoms with E-state index in [1.807, 2.05) is 0 Å². The van der Waals surface area contributed by atoms with Gasteiger partial charge in [0.2, 0.25) is 0 Å². The summed E-state index contributed by atoms with van der Waals surface area (Å²) in [6.45, 7) is 9.00. The van der Waals surface area contributed by atoms with Crippen LogP contribution in [0.15, 0.2) is 0 Å². The molecule has 0 bridgehead atoms. The predicted octanol–water partition coefficient (Wildman–Crippen LogP) is 8.55. The van der Waals surface area contributed by atoms with Crippen LogP contribution in [0.5, 0.6) is 0 Å². The Balaban J connectivity index is 4.13. The number of hydrogen-bond donors (Lipinski definition) is 0. The highest BCUT2D eigenvalue weighted by Gasteiger charge is 2.24. The van der Waals surface area contributed by atoms with Gasteiger partial charge in [-0.05, 0) is 25.7 Å². The van der Waals surface area contributed by atoms with Gasteiger partial charge in [0.25, 0.3) is 0 Å². The second-order valence-corrected chi connectivity index (χ2v) is 9.41. The highest BCUT2D eigenvalue weighted by Crippen LogP contribution is 2.20. The molecule has 32 heavy (non-hydrogen) atoms. The molecule has 0 aliphatic heterocycles. The summed E-state index contributed by atoms with van der Waals surface area (Å²) >= 11 is 0. The quantitative estimate of drug-likeness (QED) is 0.115. The summed E-state index contributed by atoms with van der Waals surface area (Å²) < 4.78 is 11.4. The smallest absolute Gasteiger partial charge is 0.306 e. The zero-order chi connectivity index (χ0) is 23.9. The van der Waals surface area contributed by atoms with Gasteiger partial charge in [0.1, 0.15) is 6.10 Å². The molecule has 190 valence electrons. The summed E-state index contributed by atoms with van der Waals surface area (Å²) in [6.07, 6.45) is 20.2. The number of esters is 2. The standard InChI is InChI=1S/C28H54O4/c1-5-9-11-13-15-17-19-22-27(29)31-24-25(8-4)26(21-7-3)32-28(30)23-20-18-16-14-12-10-6-2/h25-26H,5-24H2,1-4H3. The maximum Gasteiger partial charge on any atom is 0.306 e. The van der Waals surface area contributed by atoms with Gasteiger partial charge in [0, 0.05) is 18.8 Å². The fraction of sp³-hybridized carbons (Fsp3) is 0.929. The number of hydrogen-bond acceptors (Lipinski definition) is 4. The van der Waals surface area contributed by atoms with Gasteiger partial charge < -0.3 is 9.47 Å². The molecule has 0 amide bonds. The molecule has 0 aliphatic rings. The van der Waals surface area contributed by atoms with E-state index in [4.69, 9.17) is 9.47 Å². The lowest BCUT2D eigenvalue weighted by molar-refractivity contribution is -0.156. The second kappa shape index (κ2) is 23.1. The van der Waals surface area contributed by atoms with Crippen LogP contribution in [0.2, 0.25) is 0 Å². The molecule has 0 radical (unpaired) electrons. The van der Waals surface area contributed by atoms with Crippen molar-refractivity contribution in [1.29, 1.82) is 0 Å². The van der Waals surface area contributed by atoms with Crippen molar-refractivity contribution < 1.29 is 19.1 Å². The van der Waals surface area contributed by atoms with Gasteiger partial charge in [-0.15, -0.1) is 0 Å². The fourth-order valence-electron chi connectivity index (χ4n) is 4.12. The molecule has 4 heteroatoms. The van der Waals surface area contributed by atoms with Gasteiger partial charge in [-0.3, -0.25) is 9.59 Å². The van der Waals surface area contributed by atoms with Gasteiger partial charge >= 0.3 is 11.9 Å². The average molecular weight is 455 g/mol. The third-order valence-electron chi connectivity index (χ3n) is 6.33. The third kappa shape index (κ3) is 18.5. The van der Waals surface area contributed by atoms with E-state index in [-0.39, 0.29) is 24.0 Å². The average Bonchev–Trinajstić information content (AvgIpc) is 2.78. The van der Waals surface area contributed by atoms with Crippen LogP contribution in [0.25, 0.3) is 0 Å². The fourth-order valence-corrected chi connectivity index (χ4v) is 4.12. The molecule has 0 aromatic carbocycles. The number of carbonyl (C=O) groups excluding carboxylic acids is 2. The van der Waals surface area contributed by atoms with Gasteiger partial charge in [0.05, 0.1) is 6.61 Å².